The molecule has 1 N–H and O–H groups in total. The summed E-state index contributed by atoms with van der Waals surface area (Å²) in [6, 6.07) is 12.2. The molecule has 1 saturated carbocycles. The van der Waals surface area contributed by atoms with Gasteiger partial charge in [0.1, 0.15) is 0 Å². The van der Waals surface area contributed by atoms with Gasteiger partial charge in [-0.05, 0) is 75.8 Å². The fourth-order valence-corrected chi connectivity index (χ4v) is 5.28. The maximum atomic E-state index is 13.6. The summed E-state index contributed by atoms with van der Waals surface area (Å²) in [5.74, 6) is -0.427. The Labute approximate surface area is 213 Å². The molecule has 3 heterocycles. The van der Waals surface area contributed by atoms with E-state index in [1.54, 1.807) is 30.5 Å². The Kier molecular flexibility index (Phi) is 6.62. The van der Waals surface area contributed by atoms with Crippen LogP contribution < -0.4 is 11.0 Å². The third-order valence-corrected chi connectivity index (χ3v) is 7.23. The van der Waals surface area contributed by atoms with Crippen LogP contribution in [0, 0.1) is 25.7 Å². The number of aryl methyl sites for hydroxylation is 2. The number of halogens is 2. The van der Waals surface area contributed by atoms with Crippen LogP contribution >= 0.6 is 11.6 Å². The van der Waals surface area contributed by atoms with Crippen LogP contribution in [0.15, 0.2) is 53.5 Å². The zero-order valence-corrected chi connectivity index (χ0v) is 20.9. The van der Waals surface area contributed by atoms with E-state index in [4.69, 9.17) is 11.6 Å². The maximum absolute atomic E-state index is 13.6. The van der Waals surface area contributed by atoms with Crippen LogP contribution in [0.2, 0.25) is 5.02 Å². The number of hydrogen-bond acceptors (Lipinski definition) is 4. The molecule has 1 aliphatic carbocycles. The second-order valence-electron chi connectivity index (χ2n) is 9.43. The molecule has 1 aromatic carbocycles. The number of nitrogens with one attached hydrogen (secondary N) is 1. The number of benzene rings is 1. The average molecular weight is 508 g/mol. The lowest BCUT2D eigenvalue weighted by Crippen LogP contribution is -2.39. The Bertz CT molecular complexity index is 1500. The molecule has 1 aliphatic rings. The van der Waals surface area contributed by atoms with E-state index in [9.17, 15) is 14.0 Å². The number of carbonyl (C=O) groups excluding carboxylic acids is 1. The van der Waals surface area contributed by atoms with E-state index in [0.29, 0.717) is 40.1 Å². The zero-order valence-electron chi connectivity index (χ0n) is 20.2. The van der Waals surface area contributed by atoms with E-state index in [1.807, 2.05) is 28.8 Å². The minimum Gasteiger partial charge on any atom is -0.349 e. The van der Waals surface area contributed by atoms with E-state index >= 15 is 0 Å². The molecule has 1 fully saturated rings. The van der Waals surface area contributed by atoms with Gasteiger partial charge in [0, 0.05) is 18.8 Å². The highest BCUT2D eigenvalue weighted by molar-refractivity contribution is 6.30. The number of fused-ring (bicyclic) bond motifs is 1. The second kappa shape index (κ2) is 9.85. The monoisotopic (exact) mass is 507 g/mol. The van der Waals surface area contributed by atoms with Crippen molar-refractivity contribution in [2.75, 3.05) is 0 Å². The molecule has 0 aliphatic heterocycles. The van der Waals surface area contributed by atoms with Crippen molar-refractivity contribution >= 4 is 28.5 Å². The van der Waals surface area contributed by atoms with Gasteiger partial charge in [-0.15, -0.1) is 0 Å². The molecule has 186 valence electrons. The Balaban J connectivity index is 1.32. The van der Waals surface area contributed by atoms with Gasteiger partial charge in [-0.2, -0.15) is 4.39 Å². The number of rotatable bonds is 5. The largest absolute Gasteiger partial charge is 0.349 e. The Morgan fingerprint density at radius 3 is 2.53 bits per heavy atom. The van der Waals surface area contributed by atoms with Crippen LogP contribution in [0.1, 0.15) is 47.4 Å². The van der Waals surface area contributed by atoms with Gasteiger partial charge in [0.25, 0.3) is 5.91 Å². The summed E-state index contributed by atoms with van der Waals surface area (Å²) in [5.41, 5.74) is 3.63. The molecular weight excluding hydrogens is 481 g/mol. The smallest absolute Gasteiger partial charge is 0.333 e. The normalized spacial score (nSPS) is 17.9. The van der Waals surface area contributed by atoms with Crippen molar-refractivity contribution in [2.24, 2.45) is 5.92 Å². The molecular formula is C27H27ClFN5O2. The molecule has 0 unspecified atom stereocenters. The van der Waals surface area contributed by atoms with E-state index in [2.05, 4.69) is 15.3 Å². The Hall–Kier alpha value is -3.52. The first-order chi connectivity index (χ1) is 17.3. The number of imidazole rings is 1. The first kappa shape index (κ1) is 24.2. The molecule has 5 rings (SSSR count). The quantitative estimate of drug-likeness (QED) is 0.386. The van der Waals surface area contributed by atoms with E-state index in [0.717, 1.165) is 36.7 Å². The molecule has 0 bridgehead atoms. The van der Waals surface area contributed by atoms with Crippen LogP contribution in [0.4, 0.5) is 4.39 Å². The number of carbonyl (C=O) groups is 1. The lowest BCUT2D eigenvalue weighted by molar-refractivity contribution is 0.0919. The van der Waals surface area contributed by atoms with Crippen molar-refractivity contribution in [2.45, 2.75) is 52.1 Å². The number of aromatic nitrogens is 4. The molecule has 0 atom stereocenters. The number of amides is 1. The SMILES string of the molecule is Cc1ncc(Cl)cc1C(=O)N[C@H]1CC[C@H](Cn2c(=O)n(-c3ccc(F)nc3C)c3ccccc32)CC1. The van der Waals surface area contributed by atoms with Gasteiger partial charge in [-0.1, -0.05) is 23.7 Å². The highest BCUT2D eigenvalue weighted by atomic mass is 35.5. The molecule has 36 heavy (non-hydrogen) atoms. The Morgan fingerprint density at radius 1 is 1.08 bits per heavy atom. The summed E-state index contributed by atoms with van der Waals surface area (Å²) >= 11 is 6.02. The molecule has 0 radical (unpaired) electrons. The zero-order chi connectivity index (χ0) is 25.4. The van der Waals surface area contributed by atoms with Crippen molar-refractivity contribution in [1.29, 1.82) is 0 Å². The predicted octanol–water partition coefficient (Wildman–Crippen LogP) is 4.98. The number of pyridine rings is 2. The highest BCUT2D eigenvalue weighted by Gasteiger charge is 2.26. The van der Waals surface area contributed by atoms with Crippen molar-refractivity contribution in [3.05, 3.63) is 87.1 Å². The molecule has 0 spiro atoms. The third kappa shape index (κ3) is 4.65. The molecule has 1 amide bonds. The summed E-state index contributed by atoms with van der Waals surface area (Å²) in [6.45, 7) is 4.07. The second-order valence-corrected chi connectivity index (χ2v) is 9.87. The lowest BCUT2D eigenvalue weighted by Gasteiger charge is -2.29. The first-order valence-electron chi connectivity index (χ1n) is 12.1. The van der Waals surface area contributed by atoms with E-state index < -0.39 is 5.95 Å². The lowest BCUT2D eigenvalue weighted by atomic mass is 9.85. The van der Waals surface area contributed by atoms with Crippen LogP contribution in [-0.4, -0.2) is 31.1 Å². The summed E-state index contributed by atoms with van der Waals surface area (Å²) in [6.07, 6.45) is 4.98. The van der Waals surface area contributed by atoms with Crippen molar-refractivity contribution in [3.63, 3.8) is 0 Å². The molecule has 7 nitrogen and oxygen atoms in total. The minimum absolute atomic E-state index is 0.0677. The fourth-order valence-electron chi connectivity index (χ4n) is 5.13. The summed E-state index contributed by atoms with van der Waals surface area (Å²) in [4.78, 5) is 34.4. The van der Waals surface area contributed by atoms with Crippen molar-refractivity contribution in [1.82, 2.24) is 24.4 Å². The standard InChI is InChI=1S/C27H27ClFN5O2/c1-16-21(13-19(28)14-30-16)26(35)32-20-9-7-18(8-10-20)15-33-23-5-3-4-6-24(23)34(27(33)36)22-11-12-25(29)31-17(22)2/h3-6,11-14,18,20H,7-10,15H2,1-2H3,(H,32,35)/t18-,20-. The van der Waals surface area contributed by atoms with Gasteiger partial charge in [0.15, 0.2) is 0 Å². The van der Waals surface area contributed by atoms with E-state index in [1.165, 1.54) is 12.3 Å². The molecule has 9 heteroatoms. The summed E-state index contributed by atoms with van der Waals surface area (Å²) in [5, 5.41) is 3.55. The van der Waals surface area contributed by atoms with Crippen LogP contribution in [0.25, 0.3) is 16.7 Å². The predicted molar refractivity (Wildman–Crippen MR) is 137 cm³/mol. The van der Waals surface area contributed by atoms with Crippen LogP contribution in [-0.2, 0) is 6.54 Å². The Morgan fingerprint density at radius 2 is 1.81 bits per heavy atom. The summed E-state index contributed by atoms with van der Waals surface area (Å²) < 4.78 is 17.0. The summed E-state index contributed by atoms with van der Waals surface area (Å²) in [7, 11) is 0. The first-order valence-corrected chi connectivity index (χ1v) is 12.5. The molecule has 0 saturated heterocycles. The van der Waals surface area contributed by atoms with E-state index in [-0.39, 0.29) is 17.6 Å². The molecule has 4 aromatic rings. The topological polar surface area (TPSA) is 81.8 Å². The maximum Gasteiger partial charge on any atom is 0.333 e. The highest BCUT2D eigenvalue weighted by Crippen LogP contribution is 2.28. The molecule has 3 aromatic heterocycles. The number of para-hydroxylation sites is 2. The fraction of sp³-hybridized carbons (Fsp3) is 0.333. The van der Waals surface area contributed by atoms with Crippen LogP contribution in [0.5, 0.6) is 0 Å². The van der Waals surface area contributed by atoms with Gasteiger partial charge in [-0.25, -0.2) is 9.78 Å². The number of hydrogen-bond donors (Lipinski definition) is 1. The third-order valence-electron chi connectivity index (χ3n) is 7.02. The van der Waals surface area contributed by atoms with Gasteiger partial charge in [0.05, 0.1) is 38.7 Å². The minimum atomic E-state index is -0.571. The van der Waals surface area contributed by atoms with Crippen molar-refractivity contribution in [3.8, 4) is 5.69 Å². The average Bonchev–Trinajstić information content (AvgIpc) is 3.13. The van der Waals surface area contributed by atoms with Crippen molar-refractivity contribution < 1.29 is 9.18 Å². The van der Waals surface area contributed by atoms with Gasteiger partial charge in [-0.3, -0.25) is 18.9 Å². The van der Waals surface area contributed by atoms with Gasteiger partial charge >= 0.3 is 5.69 Å². The van der Waals surface area contributed by atoms with Crippen LogP contribution in [0.3, 0.4) is 0 Å². The number of nitrogens with zero attached hydrogens (tertiary/aromatic N) is 4. The van der Waals surface area contributed by atoms with Gasteiger partial charge in [0.2, 0.25) is 5.95 Å². The van der Waals surface area contributed by atoms with Gasteiger partial charge < -0.3 is 5.32 Å².